The van der Waals surface area contributed by atoms with E-state index < -0.39 is 6.04 Å². The van der Waals surface area contributed by atoms with Crippen LogP contribution >= 0.6 is 11.8 Å². The summed E-state index contributed by atoms with van der Waals surface area (Å²) < 4.78 is 14.6. The molecule has 1 saturated heterocycles. The first-order valence-corrected chi connectivity index (χ1v) is 10.8. The fraction of sp³-hybridized carbons (Fsp3) is 0.500. The number of hydrogen-bond acceptors (Lipinski definition) is 5. The SMILES string of the molecule is CC(=O)SC1CCN(C(C(=O)C2CC2)c2ccccc2F)C/C1=C\C(=O)N(C)C. The van der Waals surface area contributed by atoms with Gasteiger partial charge in [-0.2, -0.15) is 0 Å². The number of likely N-dealkylation sites (tertiary alicyclic amines) is 1. The van der Waals surface area contributed by atoms with Crippen LogP contribution in [0.3, 0.4) is 0 Å². The third-order valence-electron chi connectivity index (χ3n) is 5.35. The lowest BCUT2D eigenvalue weighted by molar-refractivity contribution is -0.126. The van der Waals surface area contributed by atoms with E-state index in [1.807, 2.05) is 4.90 Å². The van der Waals surface area contributed by atoms with Gasteiger partial charge in [0.15, 0.2) is 10.9 Å². The van der Waals surface area contributed by atoms with Gasteiger partial charge in [0.2, 0.25) is 5.91 Å². The zero-order chi connectivity index (χ0) is 21.1. The van der Waals surface area contributed by atoms with E-state index >= 15 is 0 Å². The summed E-state index contributed by atoms with van der Waals surface area (Å²) in [6.45, 7) is 2.44. The molecule has 0 N–H and O–H groups in total. The Morgan fingerprint density at radius 1 is 1.21 bits per heavy atom. The molecule has 5 nitrogen and oxygen atoms in total. The van der Waals surface area contributed by atoms with Gasteiger partial charge in [-0.3, -0.25) is 19.3 Å². The Kier molecular flexibility index (Phi) is 6.90. The van der Waals surface area contributed by atoms with Crippen LogP contribution in [0.5, 0.6) is 0 Å². The molecular formula is C22H27FN2O3S. The summed E-state index contributed by atoms with van der Waals surface area (Å²) in [5.74, 6) is -0.514. The number of benzene rings is 1. The van der Waals surface area contributed by atoms with Crippen molar-refractivity contribution in [3.05, 3.63) is 47.3 Å². The van der Waals surface area contributed by atoms with Crippen LogP contribution < -0.4 is 0 Å². The van der Waals surface area contributed by atoms with E-state index in [1.165, 1.54) is 29.7 Å². The number of amides is 1. The standard InChI is InChI=1S/C22H27FN2O3S/c1-14(26)29-19-10-11-25(13-16(19)12-20(27)24(2)3)21(22(28)15-8-9-15)17-6-4-5-7-18(17)23/h4-7,12,15,19,21H,8-11,13H2,1-3H3/b16-12+. The molecule has 2 unspecified atom stereocenters. The highest BCUT2D eigenvalue weighted by Gasteiger charge is 2.41. The number of nitrogens with zero attached hydrogens (tertiary/aromatic N) is 2. The van der Waals surface area contributed by atoms with Crippen LogP contribution in [0.25, 0.3) is 0 Å². The summed E-state index contributed by atoms with van der Waals surface area (Å²) in [6.07, 6.45) is 3.89. The van der Waals surface area contributed by atoms with Crippen LogP contribution in [-0.4, -0.2) is 59.0 Å². The third-order valence-corrected chi connectivity index (χ3v) is 6.50. The average Bonchev–Trinajstić information content (AvgIpc) is 3.50. The molecule has 3 rings (SSSR count). The van der Waals surface area contributed by atoms with Gasteiger partial charge in [0, 0.05) is 56.9 Å². The van der Waals surface area contributed by atoms with Crippen molar-refractivity contribution >= 4 is 28.6 Å². The highest BCUT2D eigenvalue weighted by Crippen LogP contribution is 2.40. The highest BCUT2D eigenvalue weighted by atomic mass is 32.2. The minimum atomic E-state index is -0.662. The quantitative estimate of drug-likeness (QED) is 0.664. The lowest BCUT2D eigenvalue weighted by atomic mass is 9.93. The minimum absolute atomic E-state index is 0.00800. The number of piperidine rings is 1. The minimum Gasteiger partial charge on any atom is -0.345 e. The fourth-order valence-electron chi connectivity index (χ4n) is 3.68. The van der Waals surface area contributed by atoms with Crippen molar-refractivity contribution in [2.75, 3.05) is 27.2 Å². The maximum atomic E-state index is 14.6. The maximum absolute atomic E-state index is 14.6. The van der Waals surface area contributed by atoms with Crippen molar-refractivity contribution < 1.29 is 18.8 Å². The Morgan fingerprint density at radius 2 is 1.90 bits per heavy atom. The van der Waals surface area contributed by atoms with Crippen LogP contribution in [0.2, 0.25) is 0 Å². The van der Waals surface area contributed by atoms with Gasteiger partial charge in [-0.05, 0) is 30.9 Å². The Hall–Kier alpha value is -1.99. The van der Waals surface area contributed by atoms with Crippen LogP contribution in [-0.2, 0) is 14.4 Å². The van der Waals surface area contributed by atoms with Crippen molar-refractivity contribution in [2.24, 2.45) is 5.92 Å². The largest absolute Gasteiger partial charge is 0.345 e. The number of Topliss-reactive ketones (excluding diaryl/α,β-unsaturated/α-hetero) is 1. The lowest BCUT2D eigenvalue weighted by Gasteiger charge is -2.38. The number of thioether (sulfide) groups is 1. The third kappa shape index (κ3) is 5.34. The topological polar surface area (TPSA) is 57.7 Å². The first-order chi connectivity index (χ1) is 13.8. The Balaban J connectivity index is 1.92. The molecule has 1 aliphatic carbocycles. The molecule has 0 radical (unpaired) electrons. The summed E-state index contributed by atoms with van der Waals surface area (Å²) in [7, 11) is 3.35. The summed E-state index contributed by atoms with van der Waals surface area (Å²) in [6, 6.07) is 5.76. The fourth-order valence-corrected chi connectivity index (χ4v) is 4.60. The lowest BCUT2D eigenvalue weighted by Crippen LogP contribution is -2.43. The smallest absolute Gasteiger partial charge is 0.246 e. The monoisotopic (exact) mass is 418 g/mol. The Labute approximate surface area is 175 Å². The van der Waals surface area contributed by atoms with E-state index in [0.29, 0.717) is 25.1 Å². The summed E-state index contributed by atoms with van der Waals surface area (Å²) in [4.78, 5) is 40.5. The molecule has 1 aromatic rings. The number of carbonyl (C=O) groups excluding carboxylic acids is 3. The van der Waals surface area contributed by atoms with Gasteiger partial charge in [0.05, 0.1) is 6.04 Å². The van der Waals surface area contributed by atoms with Gasteiger partial charge in [-0.1, -0.05) is 30.0 Å². The van der Waals surface area contributed by atoms with E-state index in [2.05, 4.69) is 0 Å². The number of rotatable bonds is 6. The molecule has 7 heteroatoms. The van der Waals surface area contributed by atoms with E-state index in [-0.39, 0.29) is 33.8 Å². The van der Waals surface area contributed by atoms with Crippen LogP contribution in [0.15, 0.2) is 35.9 Å². The van der Waals surface area contributed by atoms with Gasteiger partial charge in [0.25, 0.3) is 0 Å². The molecule has 2 fully saturated rings. The summed E-state index contributed by atoms with van der Waals surface area (Å²) >= 11 is 1.21. The van der Waals surface area contributed by atoms with E-state index in [4.69, 9.17) is 0 Å². The highest BCUT2D eigenvalue weighted by molar-refractivity contribution is 8.14. The van der Waals surface area contributed by atoms with Crippen LogP contribution in [0.1, 0.15) is 37.8 Å². The normalized spacial score (nSPS) is 22.3. The van der Waals surface area contributed by atoms with Gasteiger partial charge < -0.3 is 4.90 Å². The molecule has 2 aliphatic rings. The van der Waals surface area contributed by atoms with E-state index in [1.54, 1.807) is 38.4 Å². The van der Waals surface area contributed by atoms with Crippen LogP contribution in [0.4, 0.5) is 4.39 Å². The number of halogens is 1. The van der Waals surface area contributed by atoms with E-state index in [9.17, 15) is 18.8 Å². The van der Waals surface area contributed by atoms with Gasteiger partial charge >= 0.3 is 0 Å². The average molecular weight is 419 g/mol. The number of carbonyl (C=O) groups is 3. The van der Waals surface area contributed by atoms with Crippen molar-refractivity contribution in [3.8, 4) is 0 Å². The zero-order valence-electron chi connectivity index (χ0n) is 17.1. The molecule has 1 saturated carbocycles. The van der Waals surface area contributed by atoms with Gasteiger partial charge in [-0.15, -0.1) is 0 Å². The molecular weight excluding hydrogens is 391 g/mol. The molecule has 1 aliphatic heterocycles. The molecule has 0 bridgehead atoms. The van der Waals surface area contributed by atoms with Gasteiger partial charge in [-0.25, -0.2) is 4.39 Å². The van der Waals surface area contributed by atoms with Crippen molar-refractivity contribution in [1.29, 1.82) is 0 Å². The maximum Gasteiger partial charge on any atom is 0.246 e. The molecule has 29 heavy (non-hydrogen) atoms. The first kappa shape index (κ1) is 21.7. The second-order valence-corrected chi connectivity index (χ2v) is 9.29. The molecule has 1 heterocycles. The predicted octanol–water partition coefficient (Wildman–Crippen LogP) is 3.21. The molecule has 2 atom stereocenters. The molecule has 1 amide bonds. The number of ketones is 1. The molecule has 0 aromatic heterocycles. The Bertz CT molecular complexity index is 835. The summed E-state index contributed by atoms with van der Waals surface area (Å²) in [5, 5.41) is -0.115. The summed E-state index contributed by atoms with van der Waals surface area (Å²) in [5.41, 5.74) is 1.19. The van der Waals surface area contributed by atoms with Crippen molar-refractivity contribution in [1.82, 2.24) is 9.80 Å². The number of hydrogen-bond donors (Lipinski definition) is 0. The van der Waals surface area contributed by atoms with Crippen molar-refractivity contribution in [2.45, 2.75) is 37.5 Å². The molecule has 0 spiro atoms. The first-order valence-electron chi connectivity index (χ1n) is 9.89. The second kappa shape index (κ2) is 9.22. The zero-order valence-corrected chi connectivity index (χ0v) is 17.9. The van der Waals surface area contributed by atoms with Gasteiger partial charge in [0.1, 0.15) is 5.82 Å². The van der Waals surface area contributed by atoms with Crippen molar-refractivity contribution in [3.63, 3.8) is 0 Å². The molecule has 156 valence electrons. The Morgan fingerprint density at radius 3 is 2.48 bits per heavy atom. The molecule has 1 aromatic carbocycles. The van der Waals surface area contributed by atoms with E-state index in [0.717, 1.165) is 18.4 Å². The van der Waals surface area contributed by atoms with Crippen LogP contribution in [0, 0.1) is 11.7 Å². The predicted molar refractivity (Wildman–Crippen MR) is 112 cm³/mol. The second-order valence-electron chi connectivity index (χ2n) is 7.91. The number of likely N-dealkylation sites (N-methyl/N-ethyl adjacent to an activating group) is 1.